The lowest BCUT2D eigenvalue weighted by Crippen LogP contribution is -2.30. The van der Waals surface area contributed by atoms with Crippen LogP contribution in [0.15, 0.2) is 77.7 Å². The molecular weight excluding hydrogens is 440 g/mol. The molecule has 1 aliphatic rings. The van der Waals surface area contributed by atoms with Crippen LogP contribution >= 0.6 is 0 Å². The van der Waals surface area contributed by atoms with E-state index in [4.69, 9.17) is 4.74 Å². The Kier molecular flexibility index (Phi) is 5.91. The topological polar surface area (TPSA) is 82.6 Å². The first kappa shape index (κ1) is 22.9. The van der Waals surface area contributed by atoms with Crippen LogP contribution in [0.25, 0.3) is 21.9 Å². The van der Waals surface area contributed by atoms with E-state index < -0.39 is 5.60 Å². The zero-order valence-electron chi connectivity index (χ0n) is 19.9. The maximum Gasteiger partial charge on any atom is 0.255 e. The van der Waals surface area contributed by atoms with Gasteiger partial charge in [-0.2, -0.15) is 0 Å². The van der Waals surface area contributed by atoms with Crippen LogP contribution in [-0.2, 0) is 17.6 Å². The number of pyridine rings is 1. The van der Waals surface area contributed by atoms with Gasteiger partial charge in [-0.25, -0.2) is 0 Å². The number of aromatic nitrogens is 1. The molecule has 1 amide bonds. The molecule has 4 aromatic rings. The molecule has 0 aliphatic carbocycles. The molecule has 0 bridgehead atoms. The smallest absolute Gasteiger partial charge is 0.255 e. The van der Waals surface area contributed by atoms with Crippen molar-refractivity contribution in [2.24, 2.45) is 0 Å². The highest BCUT2D eigenvalue weighted by Gasteiger charge is 2.25. The fraction of sp³-hybridized carbons (Fsp3) is 0.241. The predicted molar refractivity (Wildman–Crippen MR) is 138 cm³/mol. The molecule has 0 unspecified atom stereocenters. The van der Waals surface area contributed by atoms with E-state index in [0.29, 0.717) is 24.1 Å². The van der Waals surface area contributed by atoms with E-state index in [9.17, 15) is 14.7 Å². The molecule has 0 atom stereocenters. The number of aromatic amines is 1. The number of carbonyl (C=O) groups excluding carboxylic acids is 1. The zero-order valence-corrected chi connectivity index (χ0v) is 19.9. The van der Waals surface area contributed by atoms with Crippen molar-refractivity contribution in [3.05, 3.63) is 94.4 Å². The third kappa shape index (κ3) is 4.84. The normalized spacial score (nSPS) is 13.2. The lowest BCUT2D eigenvalue weighted by atomic mass is 9.99. The molecule has 0 radical (unpaired) electrons. The van der Waals surface area contributed by atoms with Gasteiger partial charge in [0, 0.05) is 29.8 Å². The molecule has 0 saturated carbocycles. The van der Waals surface area contributed by atoms with E-state index in [1.807, 2.05) is 71.6 Å². The summed E-state index contributed by atoms with van der Waals surface area (Å²) in [6.07, 6.45) is 2.84. The van der Waals surface area contributed by atoms with Crippen molar-refractivity contribution in [2.45, 2.75) is 32.3 Å². The molecule has 5 rings (SSSR count). The summed E-state index contributed by atoms with van der Waals surface area (Å²) in [5.74, 6) is 0.675. The van der Waals surface area contributed by atoms with E-state index in [-0.39, 0.29) is 18.1 Å². The van der Waals surface area contributed by atoms with Crippen molar-refractivity contribution >= 4 is 22.4 Å². The van der Waals surface area contributed by atoms with Crippen LogP contribution in [0, 0.1) is 0 Å². The molecule has 2 heterocycles. The van der Waals surface area contributed by atoms with Crippen LogP contribution in [0.3, 0.4) is 0 Å². The monoisotopic (exact) mass is 468 g/mol. The van der Waals surface area contributed by atoms with Crippen molar-refractivity contribution in [2.75, 3.05) is 18.1 Å². The molecule has 1 aliphatic heterocycles. The van der Waals surface area contributed by atoms with Gasteiger partial charge in [-0.3, -0.25) is 9.59 Å². The van der Waals surface area contributed by atoms with Crippen molar-refractivity contribution in [1.82, 2.24) is 4.98 Å². The Balaban J connectivity index is 1.33. The second-order valence-corrected chi connectivity index (χ2v) is 9.64. The van der Waals surface area contributed by atoms with Gasteiger partial charge in [0.2, 0.25) is 5.91 Å². The van der Waals surface area contributed by atoms with Crippen LogP contribution in [-0.4, -0.2) is 34.8 Å². The standard InChI is InChI=1S/C29H28N2O4/c1-29(2,34)18-35-22-12-11-21-13-14-31(26(21)16-22)27(32)15-19-7-9-20(10-8-19)25-17-30-28(33)24-6-4-3-5-23(24)25/h3-12,16-17,34H,13-15,18H2,1-2H3,(H,30,33). The number of ether oxygens (including phenoxy) is 1. The second-order valence-electron chi connectivity index (χ2n) is 9.64. The maximum atomic E-state index is 13.2. The lowest BCUT2D eigenvalue weighted by molar-refractivity contribution is -0.117. The molecule has 0 fully saturated rings. The van der Waals surface area contributed by atoms with E-state index >= 15 is 0 Å². The molecule has 2 N–H and O–H groups in total. The Morgan fingerprint density at radius 2 is 1.80 bits per heavy atom. The number of aliphatic hydroxyl groups is 1. The van der Waals surface area contributed by atoms with E-state index in [1.165, 1.54) is 0 Å². The molecule has 35 heavy (non-hydrogen) atoms. The van der Waals surface area contributed by atoms with Crippen molar-refractivity contribution in [3.63, 3.8) is 0 Å². The number of benzene rings is 3. The molecule has 0 spiro atoms. The number of fused-ring (bicyclic) bond motifs is 2. The Morgan fingerprint density at radius 3 is 2.54 bits per heavy atom. The highest BCUT2D eigenvalue weighted by molar-refractivity contribution is 5.98. The summed E-state index contributed by atoms with van der Waals surface area (Å²) in [5, 5.41) is 11.5. The minimum atomic E-state index is -0.929. The van der Waals surface area contributed by atoms with Crippen LogP contribution in [0.1, 0.15) is 25.0 Å². The number of hydrogen-bond acceptors (Lipinski definition) is 4. The van der Waals surface area contributed by atoms with Gasteiger partial charge in [-0.15, -0.1) is 0 Å². The number of carbonyl (C=O) groups is 1. The Hall–Kier alpha value is -3.90. The minimum absolute atomic E-state index is 0.0330. The number of nitrogens with zero attached hydrogens (tertiary/aromatic N) is 1. The van der Waals surface area contributed by atoms with Crippen LogP contribution in [0.4, 0.5) is 5.69 Å². The molecule has 6 heteroatoms. The summed E-state index contributed by atoms with van der Waals surface area (Å²) < 4.78 is 5.73. The summed E-state index contributed by atoms with van der Waals surface area (Å²) in [7, 11) is 0. The first-order valence-corrected chi connectivity index (χ1v) is 11.8. The third-order valence-electron chi connectivity index (χ3n) is 6.28. The number of nitrogens with one attached hydrogen (secondary N) is 1. The summed E-state index contributed by atoms with van der Waals surface area (Å²) in [5.41, 5.74) is 3.82. The largest absolute Gasteiger partial charge is 0.491 e. The van der Waals surface area contributed by atoms with Gasteiger partial charge >= 0.3 is 0 Å². The van der Waals surface area contributed by atoms with Gasteiger partial charge < -0.3 is 19.7 Å². The summed E-state index contributed by atoms with van der Waals surface area (Å²) >= 11 is 0. The summed E-state index contributed by atoms with van der Waals surface area (Å²) in [6, 6.07) is 21.2. The Bertz CT molecular complexity index is 1450. The van der Waals surface area contributed by atoms with Crippen molar-refractivity contribution < 1.29 is 14.6 Å². The summed E-state index contributed by atoms with van der Waals surface area (Å²) in [4.78, 5) is 29.9. The average Bonchev–Trinajstić information content (AvgIpc) is 3.27. The summed E-state index contributed by atoms with van der Waals surface area (Å²) in [6.45, 7) is 4.21. The van der Waals surface area contributed by atoms with Gasteiger partial charge in [-0.1, -0.05) is 48.5 Å². The number of amides is 1. The molecule has 0 saturated heterocycles. The molecule has 6 nitrogen and oxygen atoms in total. The minimum Gasteiger partial charge on any atom is -0.491 e. The van der Waals surface area contributed by atoms with Gasteiger partial charge in [-0.05, 0) is 54.5 Å². The number of hydrogen-bond donors (Lipinski definition) is 2. The molecular formula is C29H28N2O4. The Labute approximate surface area is 203 Å². The molecule has 178 valence electrons. The van der Waals surface area contributed by atoms with Crippen molar-refractivity contribution in [3.8, 4) is 16.9 Å². The quantitative estimate of drug-likeness (QED) is 0.437. The first-order chi connectivity index (χ1) is 16.8. The predicted octanol–water partition coefficient (Wildman–Crippen LogP) is 4.48. The highest BCUT2D eigenvalue weighted by atomic mass is 16.5. The number of H-pyrrole nitrogens is 1. The lowest BCUT2D eigenvalue weighted by Gasteiger charge is -2.20. The van der Waals surface area contributed by atoms with E-state index in [2.05, 4.69) is 4.98 Å². The van der Waals surface area contributed by atoms with Crippen LogP contribution in [0.5, 0.6) is 5.75 Å². The number of rotatable bonds is 6. The first-order valence-electron chi connectivity index (χ1n) is 11.8. The number of anilines is 1. The zero-order chi connectivity index (χ0) is 24.6. The highest BCUT2D eigenvalue weighted by Crippen LogP contribution is 2.33. The fourth-order valence-electron chi connectivity index (χ4n) is 4.49. The van der Waals surface area contributed by atoms with Crippen molar-refractivity contribution in [1.29, 1.82) is 0 Å². The van der Waals surface area contributed by atoms with Gasteiger partial charge in [0.05, 0.1) is 17.7 Å². The van der Waals surface area contributed by atoms with Crippen LogP contribution in [0.2, 0.25) is 0 Å². The fourth-order valence-corrected chi connectivity index (χ4v) is 4.49. The Morgan fingerprint density at radius 1 is 1.06 bits per heavy atom. The average molecular weight is 469 g/mol. The molecule has 3 aromatic carbocycles. The molecule has 1 aromatic heterocycles. The SMILES string of the molecule is CC(C)(O)COc1ccc2c(c1)N(C(=O)Cc1ccc(-c3c[nH]c(=O)c4ccccc34)cc1)CC2. The second kappa shape index (κ2) is 9.04. The van der Waals surface area contributed by atoms with Gasteiger partial charge in [0.1, 0.15) is 12.4 Å². The van der Waals surface area contributed by atoms with Crippen LogP contribution < -0.4 is 15.2 Å². The van der Waals surface area contributed by atoms with Gasteiger partial charge in [0.15, 0.2) is 0 Å². The third-order valence-corrected chi connectivity index (χ3v) is 6.28. The van der Waals surface area contributed by atoms with E-state index in [1.54, 1.807) is 20.0 Å². The van der Waals surface area contributed by atoms with E-state index in [0.717, 1.165) is 39.7 Å². The maximum absolute atomic E-state index is 13.2. The van der Waals surface area contributed by atoms with Gasteiger partial charge in [0.25, 0.3) is 5.56 Å².